The predicted octanol–water partition coefficient (Wildman–Crippen LogP) is 2.09. The Labute approximate surface area is 159 Å². The number of rotatable bonds is 4. The van der Waals surface area contributed by atoms with Crippen molar-refractivity contribution < 1.29 is 14.6 Å². The Morgan fingerprint density at radius 1 is 1.22 bits per heavy atom. The number of nitrogens with one attached hydrogen (secondary N) is 2. The van der Waals surface area contributed by atoms with Crippen LogP contribution in [-0.4, -0.2) is 37.3 Å². The Morgan fingerprint density at radius 3 is 2.78 bits per heavy atom. The van der Waals surface area contributed by atoms with Crippen LogP contribution in [0.4, 0.5) is 0 Å². The van der Waals surface area contributed by atoms with E-state index in [1.165, 1.54) is 5.56 Å². The lowest BCUT2D eigenvalue weighted by Crippen LogP contribution is -2.48. The number of benzene rings is 2. The fraction of sp³-hybridized carbons (Fsp3) is 0.409. The van der Waals surface area contributed by atoms with E-state index < -0.39 is 6.10 Å². The number of ether oxygens (including phenoxy) is 1. The van der Waals surface area contributed by atoms with E-state index >= 15 is 0 Å². The molecule has 1 aliphatic heterocycles. The highest BCUT2D eigenvalue weighted by Gasteiger charge is 2.51. The minimum Gasteiger partial charge on any atom is -0.497 e. The minimum absolute atomic E-state index is 0.0897. The first kappa shape index (κ1) is 18.0. The molecular weight excluding hydrogens is 340 g/mol. The fourth-order valence-electron chi connectivity index (χ4n) is 4.66. The Morgan fingerprint density at radius 2 is 2.00 bits per heavy atom. The van der Waals surface area contributed by atoms with Gasteiger partial charge < -0.3 is 20.5 Å². The maximum Gasteiger partial charge on any atom is 0.224 e. The summed E-state index contributed by atoms with van der Waals surface area (Å²) in [5.41, 5.74) is 2.86. The number of carbonyl (C=O) groups excluding carboxylic acids is 1. The molecule has 0 bridgehead atoms. The van der Waals surface area contributed by atoms with Gasteiger partial charge in [-0.05, 0) is 54.8 Å². The van der Waals surface area contributed by atoms with Gasteiger partial charge in [-0.1, -0.05) is 36.4 Å². The second kappa shape index (κ2) is 7.33. The van der Waals surface area contributed by atoms with Crippen LogP contribution in [0.1, 0.15) is 35.6 Å². The van der Waals surface area contributed by atoms with Crippen LogP contribution in [-0.2, 0) is 16.6 Å². The molecule has 2 aliphatic rings. The molecule has 1 fully saturated rings. The minimum atomic E-state index is -0.605. The fourth-order valence-corrected chi connectivity index (χ4v) is 4.66. The van der Waals surface area contributed by atoms with Crippen LogP contribution >= 0.6 is 0 Å². The highest BCUT2D eigenvalue weighted by Crippen LogP contribution is 2.49. The second-order valence-electron chi connectivity index (χ2n) is 7.51. The molecule has 0 unspecified atom stereocenters. The zero-order valence-electron chi connectivity index (χ0n) is 15.6. The predicted molar refractivity (Wildman–Crippen MR) is 104 cm³/mol. The van der Waals surface area contributed by atoms with Gasteiger partial charge in [0.1, 0.15) is 5.75 Å². The first-order chi connectivity index (χ1) is 13.1. The molecule has 5 nitrogen and oxygen atoms in total. The third-order valence-electron chi connectivity index (χ3n) is 6.03. The molecule has 1 heterocycles. The molecule has 27 heavy (non-hydrogen) atoms. The van der Waals surface area contributed by atoms with Gasteiger partial charge >= 0.3 is 0 Å². The quantitative estimate of drug-likeness (QED) is 0.775. The first-order valence-corrected chi connectivity index (χ1v) is 9.54. The van der Waals surface area contributed by atoms with Crippen LogP contribution in [0.3, 0.4) is 0 Å². The second-order valence-corrected chi connectivity index (χ2v) is 7.51. The summed E-state index contributed by atoms with van der Waals surface area (Å²) in [7, 11) is 1.61. The van der Waals surface area contributed by atoms with Gasteiger partial charge in [-0.15, -0.1) is 0 Å². The number of fused-ring (bicyclic) bond motifs is 2. The lowest BCUT2D eigenvalue weighted by Gasteiger charge is -2.38. The maximum absolute atomic E-state index is 12.7. The van der Waals surface area contributed by atoms with Crippen molar-refractivity contribution in [3.63, 3.8) is 0 Å². The maximum atomic E-state index is 12.7. The molecule has 1 saturated heterocycles. The molecule has 1 amide bonds. The Kier molecular flexibility index (Phi) is 4.89. The highest BCUT2D eigenvalue weighted by molar-refractivity contribution is 5.79. The molecule has 2 aromatic carbocycles. The number of carbonyl (C=O) groups is 1. The molecule has 0 aromatic heterocycles. The number of hydrogen-bond donors (Lipinski definition) is 3. The monoisotopic (exact) mass is 366 g/mol. The molecule has 142 valence electrons. The van der Waals surface area contributed by atoms with Gasteiger partial charge in [-0.2, -0.15) is 0 Å². The first-order valence-electron chi connectivity index (χ1n) is 9.54. The van der Waals surface area contributed by atoms with Crippen molar-refractivity contribution in [3.8, 4) is 5.75 Å². The molecule has 4 rings (SSSR count). The number of aliphatic hydroxyl groups excluding tert-OH is 1. The van der Waals surface area contributed by atoms with E-state index in [1.54, 1.807) is 7.11 Å². The van der Waals surface area contributed by atoms with Gasteiger partial charge in [-0.3, -0.25) is 4.79 Å². The van der Waals surface area contributed by atoms with Gasteiger partial charge in [0.2, 0.25) is 5.91 Å². The van der Waals surface area contributed by atoms with Crippen LogP contribution in [0.2, 0.25) is 0 Å². The van der Waals surface area contributed by atoms with E-state index in [0.29, 0.717) is 0 Å². The number of piperidine rings is 1. The molecule has 5 heteroatoms. The van der Waals surface area contributed by atoms with Gasteiger partial charge in [-0.25, -0.2) is 0 Å². The van der Waals surface area contributed by atoms with E-state index in [1.807, 2.05) is 42.5 Å². The third-order valence-corrected chi connectivity index (χ3v) is 6.03. The molecule has 0 saturated carbocycles. The smallest absolute Gasteiger partial charge is 0.224 e. The zero-order chi connectivity index (χ0) is 18.9. The number of hydrogen-bond acceptors (Lipinski definition) is 4. The largest absolute Gasteiger partial charge is 0.497 e. The average molecular weight is 366 g/mol. The van der Waals surface area contributed by atoms with Crippen molar-refractivity contribution in [1.82, 2.24) is 10.6 Å². The third kappa shape index (κ3) is 3.22. The van der Waals surface area contributed by atoms with Crippen molar-refractivity contribution in [2.45, 2.75) is 36.8 Å². The molecule has 1 aliphatic carbocycles. The topological polar surface area (TPSA) is 70.6 Å². The van der Waals surface area contributed by atoms with Crippen molar-refractivity contribution in [1.29, 1.82) is 0 Å². The summed E-state index contributed by atoms with van der Waals surface area (Å²) < 4.78 is 5.23. The summed E-state index contributed by atoms with van der Waals surface area (Å²) >= 11 is 0. The number of aliphatic hydroxyl groups is 1. The Bertz CT molecular complexity index is 830. The number of amides is 1. The van der Waals surface area contributed by atoms with Crippen LogP contribution < -0.4 is 15.4 Å². The van der Waals surface area contributed by atoms with Crippen LogP contribution in [0.5, 0.6) is 5.75 Å². The average Bonchev–Trinajstić information content (AvgIpc) is 2.92. The van der Waals surface area contributed by atoms with Crippen molar-refractivity contribution in [2.75, 3.05) is 20.2 Å². The van der Waals surface area contributed by atoms with E-state index in [9.17, 15) is 9.90 Å². The summed E-state index contributed by atoms with van der Waals surface area (Å²) in [6.07, 6.45) is 1.42. The van der Waals surface area contributed by atoms with Crippen LogP contribution in [0.25, 0.3) is 0 Å². The Hall–Kier alpha value is -2.37. The number of methoxy groups -OCH3 is 1. The summed E-state index contributed by atoms with van der Waals surface area (Å²) in [4.78, 5) is 12.7. The van der Waals surface area contributed by atoms with Crippen LogP contribution in [0, 0.1) is 0 Å². The molecular formula is C22H26N2O3. The molecule has 3 N–H and O–H groups in total. The van der Waals surface area contributed by atoms with Crippen LogP contribution in [0.15, 0.2) is 48.5 Å². The van der Waals surface area contributed by atoms with E-state index in [0.717, 1.165) is 42.8 Å². The zero-order valence-corrected chi connectivity index (χ0v) is 15.6. The summed E-state index contributed by atoms with van der Waals surface area (Å²) in [5, 5.41) is 17.7. The van der Waals surface area contributed by atoms with Crippen molar-refractivity contribution >= 4 is 5.91 Å². The lowest BCUT2D eigenvalue weighted by molar-refractivity contribution is -0.122. The van der Waals surface area contributed by atoms with Crippen molar-refractivity contribution in [2.24, 2.45) is 0 Å². The molecule has 0 radical (unpaired) electrons. The van der Waals surface area contributed by atoms with Gasteiger partial charge in [0.25, 0.3) is 0 Å². The van der Waals surface area contributed by atoms with Gasteiger partial charge in [0.05, 0.1) is 25.7 Å². The molecule has 2 aromatic rings. The SMILES string of the molecule is COc1cccc(CC(=O)N[C@H]2c3ccccc3C3(CCNCC3)[C@@H]2O)c1. The van der Waals surface area contributed by atoms with Gasteiger partial charge in [0, 0.05) is 5.41 Å². The Balaban J connectivity index is 1.55. The summed E-state index contributed by atoms with van der Waals surface area (Å²) in [5.74, 6) is 0.647. The van der Waals surface area contributed by atoms with Gasteiger partial charge in [0.15, 0.2) is 0 Å². The lowest BCUT2D eigenvalue weighted by atomic mass is 9.72. The summed E-state index contributed by atoms with van der Waals surface area (Å²) in [6, 6.07) is 15.3. The highest BCUT2D eigenvalue weighted by atomic mass is 16.5. The normalized spacial score (nSPS) is 23.0. The van der Waals surface area contributed by atoms with E-state index in [-0.39, 0.29) is 23.8 Å². The molecule has 1 spiro atoms. The van der Waals surface area contributed by atoms with E-state index in [2.05, 4.69) is 16.7 Å². The standard InChI is InChI=1S/C22H26N2O3/c1-27-16-6-4-5-15(13-16)14-19(25)24-20-17-7-2-3-8-18(17)22(21(20)26)9-11-23-12-10-22/h2-8,13,20-21,23,26H,9-12,14H2,1H3,(H,24,25)/t20-,21+/m0/s1. The summed E-state index contributed by atoms with van der Waals surface area (Å²) in [6.45, 7) is 1.77. The molecule has 2 atom stereocenters. The van der Waals surface area contributed by atoms with E-state index in [4.69, 9.17) is 4.74 Å². The van der Waals surface area contributed by atoms with Crippen molar-refractivity contribution in [3.05, 3.63) is 65.2 Å².